The molecule has 1 nitrogen and oxygen atoms in total. The van der Waals surface area contributed by atoms with Gasteiger partial charge in [-0.2, -0.15) is 0 Å². The molecule has 0 aromatic heterocycles. The summed E-state index contributed by atoms with van der Waals surface area (Å²) in [7, 11) is 1.80. The second kappa shape index (κ2) is 6.78. The normalized spacial score (nSPS) is 12.4. The number of halogens is 4. The van der Waals surface area contributed by atoms with E-state index in [2.05, 4.69) is 37.2 Å². The van der Waals surface area contributed by atoms with E-state index in [1.165, 1.54) is 18.2 Å². The molecule has 0 saturated heterocycles. The van der Waals surface area contributed by atoms with E-state index in [0.717, 1.165) is 11.1 Å². The molecule has 0 aliphatic rings. The Morgan fingerprint density at radius 1 is 1.10 bits per heavy atom. The van der Waals surface area contributed by atoms with Gasteiger partial charge in [0, 0.05) is 10.5 Å². The molecule has 0 bridgehead atoms. The van der Waals surface area contributed by atoms with Crippen molar-refractivity contribution in [1.82, 2.24) is 5.32 Å². The molecule has 0 fully saturated rings. The highest BCUT2D eigenvalue weighted by atomic mass is 79.9. The van der Waals surface area contributed by atoms with Gasteiger partial charge in [0.05, 0.1) is 4.47 Å². The van der Waals surface area contributed by atoms with Gasteiger partial charge in [0.25, 0.3) is 0 Å². The molecule has 2 aromatic carbocycles. The minimum Gasteiger partial charge on any atom is -0.313 e. The quantitative estimate of drug-likeness (QED) is 0.756. The Labute approximate surface area is 133 Å². The van der Waals surface area contributed by atoms with Gasteiger partial charge in [0.15, 0.2) is 0 Å². The zero-order chi connectivity index (χ0) is 14.7. The van der Waals surface area contributed by atoms with E-state index in [1.807, 2.05) is 12.1 Å². The van der Waals surface area contributed by atoms with Crippen molar-refractivity contribution in [2.45, 2.75) is 12.5 Å². The fourth-order valence-corrected chi connectivity index (χ4v) is 2.84. The third-order valence-corrected chi connectivity index (χ3v) is 4.16. The Bertz CT molecular complexity index is 597. The van der Waals surface area contributed by atoms with E-state index in [4.69, 9.17) is 0 Å². The molecule has 1 N–H and O–H groups in total. The second-order valence-electron chi connectivity index (χ2n) is 4.50. The Hall–Kier alpha value is -0.780. The van der Waals surface area contributed by atoms with Crippen molar-refractivity contribution in [2.24, 2.45) is 0 Å². The molecule has 5 heteroatoms. The van der Waals surface area contributed by atoms with E-state index >= 15 is 0 Å². The molecule has 0 aliphatic carbocycles. The fourth-order valence-electron chi connectivity index (χ4n) is 2.08. The van der Waals surface area contributed by atoms with E-state index < -0.39 is 0 Å². The maximum Gasteiger partial charge on any atom is 0.137 e. The highest BCUT2D eigenvalue weighted by Gasteiger charge is 2.13. The average molecular weight is 405 g/mol. The molecular weight excluding hydrogens is 392 g/mol. The lowest BCUT2D eigenvalue weighted by atomic mass is 9.99. The molecule has 1 unspecified atom stereocenters. The minimum absolute atomic E-state index is 0.0775. The van der Waals surface area contributed by atoms with E-state index in [9.17, 15) is 8.78 Å². The van der Waals surface area contributed by atoms with Crippen molar-refractivity contribution in [1.29, 1.82) is 0 Å². The molecule has 106 valence electrons. The molecule has 0 spiro atoms. The highest BCUT2D eigenvalue weighted by Crippen LogP contribution is 2.24. The highest BCUT2D eigenvalue weighted by molar-refractivity contribution is 9.10. The van der Waals surface area contributed by atoms with Crippen molar-refractivity contribution in [3.63, 3.8) is 0 Å². The van der Waals surface area contributed by atoms with Crippen LogP contribution in [0, 0.1) is 11.6 Å². The van der Waals surface area contributed by atoms with Crippen LogP contribution < -0.4 is 5.32 Å². The van der Waals surface area contributed by atoms with E-state index in [1.54, 1.807) is 13.1 Å². The summed E-state index contributed by atoms with van der Waals surface area (Å²) in [5.74, 6) is -0.589. The van der Waals surface area contributed by atoms with Crippen LogP contribution in [0.4, 0.5) is 8.78 Å². The Kier molecular flexibility index (Phi) is 5.29. The number of likely N-dealkylation sites (N-methyl/N-ethyl adjacent to an activating group) is 1. The lowest BCUT2D eigenvalue weighted by Crippen LogP contribution is -2.19. The van der Waals surface area contributed by atoms with Crippen LogP contribution in [0.1, 0.15) is 17.2 Å². The Morgan fingerprint density at radius 2 is 1.85 bits per heavy atom. The van der Waals surface area contributed by atoms with Crippen LogP contribution in [-0.4, -0.2) is 7.05 Å². The first kappa shape index (κ1) is 15.6. The van der Waals surface area contributed by atoms with Crippen LogP contribution in [0.5, 0.6) is 0 Å². The smallest absolute Gasteiger partial charge is 0.137 e. The largest absolute Gasteiger partial charge is 0.313 e. The van der Waals surface area contributed by atoms with Crippen molar-refractivity contribution in [3.05, 3.63) is 68.1 Å². The van der Waals surface area contributed by atoms with Crippen molar-refractivity contribution in [3.8, 4) is 0 Å². The van der Waals surface area contributed by atoms with Crippen LogP contribution in [0.25, 0.3) is 0 Å². The van der Waals surface area contributed by atoms with Gasteiger partial charge in [0.2, 0.25) is 0 Å². The van der Waals surface area contributed by atoms with Crippen molar-refractivity contribution >= 4 is 31.9 Å². The summed E-state index contributed by atoms with van der Waals surface area (Å²) in [6, 6.07) is 9.70. The van der Waals surface area contributed by atoms with Crippen molar-refractivity contribution in [2.75, 3.05) is 7.05 Å². The minimum atomic E-state index is -0.303. The lowest BCUT2D eigenvalue weighted by Gasteiger charge is -2.17. The molecule has 0 amide bonds. The Morgan fingerprint density at radius 3 is 2.45 bits per heavy atom. The van der Waals surface area contributed by atoms with Gasteiger partial charge in [-0.3, -0.25) is 0 Å². The molecule has 20 heavy (non-hydrogen) atoms. The van der Waals surface area contributed by atoms with E-state index in [0.29, 0.717) is 15.4 Å². The number of hydrogen-bond acceptors (Lipinski definition) is 1. The maximum atomic E-state index is 13.6. The predicted molar refractivity (Wildman–Crippen MR) is 83.7 cm³/mol. The zero-order valence-electron chi connectivity index (χ0n) is 10.8. The number of hydrogen-bond donors (Lipinski definition) is 1. The molecule has 0 radical (unpaired) electrons. The van der Waals surface area contributed by atoms with Crippen LogP contribution >= 0.6 is 31.9 Å². The molecule has 2 rings (SSSR count). The molecule has 2 aromatic rings. The summed E-state index contributed by atoms with van der Waals surface area (Å²) in [5, 5.41) is 3.13. The third kappa shape index (κ3) is 3.87. The van der Waals surface area contributed by atoms with Gasteiger partial charge in [-0.15, -0.1) is 0 Å². The first-order chi connectivity index (χ1) is 9.49. The Balaban J connectivity index is 2.26. The topological polar surface area (TPSA) is 12.0 Å². The molecule has 0 heterocycles. The molecule has 0 aliphatic heterocycles. The summed E-state index contributed by atoms with van der Waals surface area (Å²) in [6.45, 7) is 0. The monoisotopic (exact) mass is 403 g/mol. The first-order valence-electron chi connectivity index (χ1n) is 6.07. The van der Waals surface area contributed by atoms with Crippen LogP contribution in [0.15, 0.2) is 45.3 Å². The summed E-state index contributed by atoms with van der Waals surface area (Å²) >= 11 is 6.41. The van der Waals surface area contributed by atoms with Gasteiger partial charge in [-0.25, -0.2) is 8.78 Å². The van der Waals surface area contributed by atoms with Crippen LogP contribution in [0.3, 0.4) is 0 Å². The maximum absolute atomic E-state index is 13.6. The van der Waals surface area contributed by atoms with E-state index in [-0.39, 0.29) is 17.7 Å². The first-order valence-corrected chi connectivity index (χ1v) is 7.65. The summed E-state index contributed by atoms with van der Waals surface area (Å²) in [5.41, 5.74) is 1.67. The van der Waals surface area contributed by atoms with Gasteiger partial charge in [0.1, 0.15) is 11.6 Å². The molecular formula is C15H13Br2F2N. The summed E-state index contributed by atoms with van der Waals surface area (Å²) in [6.07, 6.45) is 0.577. The third-order valence-electron chi connectivity index (χ3n) is 3.06. The van der Waals surface area contributed by atoms with Gasteiger partial charge >= 0.3 is 0 Å². The number of rotatable bonds is 4. The van der Waals surface area contributed by atoms with Crippen molar-refractivity contribution < 1.29 is 8.78 Å². The summed E-state index contributed by atoms with van der Waals surface area (Å²) in [4.78, 5) is 0. The number of nitrogens with one attached hydrogen (secondary N) is 1. The van der Waals surface area contributed by atoms with Gasteiger partial charge < -0.3 is 5.32 Å². The predicted octanol–water partition coefficient (Wildman–Crippen LogP) is 4.99. The standard InChI is InChI=1S/C15H13Br2F2N/c1-20-15(10-2-3-13(17)14(19)7-10)6-9-4-11(16)8-12(18)5-9/h2-5,7-8,15,20H,6H2,1H3. The zero-order valence-corrected chi connectivity index (χ0v) is 13.9. The second-order valence-corrected chi connectivity index (χ2v) is 6.27. The SMILES string of the molecule is CNC(Cc1cc(F)cc(Br)c1)c1ccc(Br)c(F)c1. The number of benzene rings is 2. The lowest BCUT2D eigenvalue weighted by molar-refractivity contribution is 0.570. The fraction of sp³-hybridized carbons (Fsp3) is 0.200. The molecule has 0 saturated carbocycles. The van der Waals surface area contributed by atoms with Crippen LogP contribution in [-0.2, 0) is 6.42 Å². The summed E-state index contributed by atoms with van der Waals surface area (Å²) < 4.78 is 28.1. The van der Waals surface area contributed by atoms with Gasteiger partial charge in [-0.05, 0) is 70.9 Å². The van der Waals surface area contributed by atoms with Gasteiger partial charge in [-0.1, -0.05) is 22.0 Å². The van der Waals surface area contributed by atoms with Crippen LogP contribution in [0.2, 0.25) is 0 Å². The molecule has 1 atom stereocenters. The average Bonchev–Trinajstić information content (AvgIpc) is 2.38.